The highest BCUT2D eigenvalue weighted by Crippen LogP contribution is 2.36. The third-order valence-corrected chi connectivity index (χ3v) is 9.01. The van der Waals surface area contributed by atoms with Crippen molar-refractivity contribution in [2.75, 3.05) is 0 Å². The van der Waals surface area contributed by atoms with E-state index >= 15 is 4.39 Å². The molecule has 1 N–H and O–H groups in total. The van der Waals surface area contributed by atoms with Gasteiger partial charge in [-0.3, -0.25) is 4.98 Å². The van der Waals surface area contributed by atoms with Crippen molar-refractivity contribution >= 4 is 20.8 Å². The second kappa shape index (κ2) is 9.74. The van der Waals surface area contributed by atoms with Crippen LogP contribution in [-0.2, 0) is 26.4 Å². The minimum absolute atomic E-state index is 0.159. The molecular weight excluding hydrogens is 473 g/mol. The number of nitrogens with one attached hydrogen (secondary N) is 1. The van der Waals surface area contributed by atoms with E-state index in [1.54, 1.807) is 63.4 Å². The van der Waals surface area contributed by atoms with Gasteiger partial charge in [-0.25, -0.2) is 21.7 Å². The van der Waals surface area contributed by atoms with E-state index in [4.69, 9.17) is 5.26 Å². The lowest BCUT2D eigenvalue weighted by atomic mass is 9.92. The van der Waals surface area contributed by atoms with E-state index in [1.165, 1.54) is 37.4 Å². The van der Waals surface area contributed by atoms with Crippen LogP contribution in [0.4, 0.5) is 4.39 Å². The van der Waals surface area contributed by atoms with Crippen LogP contribution >= 0.6 is 0 Å². The number of halogens is 1. The molecule has 1 heterocycles. The second-order valence-electron chi connectivity index (χ2n) is 9.01. The van der Waals surface area contributed by atoms with Crippen LogP contribution in [0.3, 0.4) is 0 Å². The molecule has 2 aromatic carbocycles. The van der Waals surface area contributed by atoms with Crippen LogP contribution in [0.1, 0.15) is 38.8 Å². The molecule has 178 valence electrons. The maximum Gasteiger partial charge on any atom is 0.227 e. The summed E-state index contributed by atoms with van der Waals surface area (Å²) in [6.45, 7) is 6.55. The number of nitrogens with zero attached hydrogens (tertiary/aromatic N) is 2. The first kappa shape index (κ1) is 25.7. The van der Waals surface area contributed by atoms with Crippen LogP contribution in [0.2, 0.25) is 0 Å². The van der Waals surface area contributed by atoms with Crippen LogP contribution in [0.15, 0.2) is 78.0 Å². The Balaban J connectivity index is 2.09. The van der Waals surface area contributed by atoms with Gasteiger partial charge in [0.15, 0.2) is 0 Å². The fraction of sp³-hybridized carbons (Fsp3) is 0.280. The van der Waals surface area contributed by atoms with E-state index in [1.807, 2.05) is 6.07 Å². The highest BCUT2D eigenvalue weighted by atomic mass is 32.2. The summed E-state index contributed by atoms with van der Waals surface area (Å²) in [6, 6.07) is 17.6. The van der Waals surface area contributed by atoms with E-state index in [-0.39, 0.29) is 4.90 Å². The van der Waals surface area contributed by atoms with Crippen LogP contribution < -0.4 is 4.72 Å². The van der Waals surface area contributed by atoms with E-state index in [2.05, 4.69) is 9.71 Å². The van der Waals surface area contributed by atoms with Crippen molar-refractivity contribution in [3.05, 3.63) is 84.2 Å². The minimum Gasteiger partial charge on any atom is -0.263 e. The molecule has 3 unspecified atom stereocenters. The van der Waals surface area contributed by atoms with Crippen LogP contribution in [0.5, 0.6) is 0 Å². The van der Waals surface area contributed by atoms with Gasteiger partial charge in [-0.2, -0.15) is 5.26 Å². The molecule has 0 spiro atoms. The van der Waals surface area contributed by atoms with Crippen molar-refractivity contribution in [1.29, 1.82) is 5.26 Å². The lowest BCUT2D eigenvalue weighted by molar-refractivity contribution is 0.261. The Labute approximate surface area is 202 Å². The van der Waals surface area contributed by atoms with Crippen LogP contribution in [0, 0.1) is 11.3 Å². The molecule has 0 aliphatic rings. The third-order valence-electron chi connectivity index (χ3n) is 5.34. The Morgan fingerprint density at radius 3 is 2.18 bits per heavy atom. The van der Waals surface area contributed by atoms with Crippen molar-refractivity contribution in [1.82, 2.24) is 9.71 Å². The summed E-state index contributed by atoms with van der Waals surface area (Å²) in [4.78, 5) is 3.89. The lowest BCUT2D eigenvalue weighted by Gasteiger charge is -2.36. The summed E-state index contributed by atoms with van der Waals surface area (Å²) in [5.74, 6) is 0. The molecule has 0 saturated carbocycles. The smallest absolute Gasteiger partial charge is 0.227 e. The monoisotopic (exact) mass is 499 g/mol. The Morgan fingerprint density at radius 2 is 1.62 bits per heavy atom. The summed E-state index contributed by atoms with van der Waals surface area (Å²) in [7, 11) is -6.18. The van der Waals surface area contributed by atoms with Crippen molar-refractivity contribution in [2.24, 2.45) is 0 Å². The summed E-state index contributed by atoms with van der Waals surface area (Å²) < 4.78 is 57.4. The van der Waals surface area contributed by atoms with Gasteiger partial charge in [0.25, 0.3) is 0 Å². The molecule has 3 atom stereocenters. The zero-order valence-corrected chi connectivity index (χ0v) is 21.0. The second-order valence-corrected chi connectivity index (χ2v) is 13.0. The first-order valence-corrected chi connectivity index (χ1v) is 13.2. The van der Waals surface area contributed by atoms with Gasteiger partial charge in [0.2, 0.25) is 15.3 Å². The van der Waals surface area contributed by atoms with Crippen molar-refractivity contribution in [3.8, 4) is 17.2 Å². The summed E-state index contributed by atoms with van der Waals surface area (Å²) in [5.41, 5.74) is -2.14. The van der Waals surface area contributed by atoms with Gasteiger partial charge in [0.1, 0.15) is 6.07 Å². The van der Waals surface area contributed by atoms with Gasteiger partial charge in [-0.05, 0) is 57.0 Å². The summed E-state index contributed by atoms with van der Waals surface area (Å²) in [5, 5.41) is 9.11. The number of benzene rings is 2. The Hall–Kier alpha value is -2.93. The highest BCUT2D eigenvalue weighted by molar-refractivity contribution is 7.92. The minimum atomic E-state index is -4.42. The van der Waals surface area contributed by atoms with E-state index in [0.717, 1.165) is 0 Å². The third kappa shape index (κ3) is 5.25. The van der Waals surface area contributed by atoms with E-state index < -0.39 is 36.6 Å². The molecule has 0 bridgehead atoms. The van der Waals surface area contributed by atoms with Gasteiger partial charge in [0.05, 0.1) is 31.7 Å². The number of aromatic nitrogens is 1. The van der Waals surface area contributed by atoms with Gasteiger partial charge < -0.3 is 0 Å². The first-order valence-electron chi connectivity index (χ1n) is 10.5. The molecule has 0 saturated heterocycles. The average Bonchev–Trinajstić information content (AvgIpc) is 2.83. The zero-order valence-electron chi connectivity index (χ0n) is 19.3. The molecule has 34 heavy (non-hydrogen) atoms. The van der Waals surface area contributed by atoms with E-state index in [9.17, 15) is 12.6 Å². The Bertz CT molecular complexity index is 1330. The first-order chi connectivity index (χ1) is 15.9. The van der Waals surface area contributed by atoms with Crippen LogP contribution in [0.25, 0.3) is 11.1 Å². The summed E-state index contributed by atoms with van der Waals surface area (Å²) >= 11 is 0. The molecule has 0 aliphatic heterocycles. The molecule has 3 rings (SSSR count). The quantitative estimate of drug-likeness (QED) is 0.510. The number of nitriles is 1. The van der Waals surface area contributed by atoms with Gasteiger partial charge >= 0.3 is 0 Å². The fourth-order valence-corrected chi connectivity index (χ4v) is 5.87. The Kier molecular flexibility index (Phi) is 7.36. The number of hydrogen-bond donors (Lipinski definition) is 1. The number of pyridine rings is 1. The standard InChI is InChI=1S/C25H26FN3O3S2/c1-24(2,3)33(30)29-25(4,23(26)34(31,32)22-8-6-5-7-9-22)21-12-10-19(11-13-21)20-14-18(15-27)16-28-17-20/h5-14,16-17,23,29H,1-4H3. The molecule has 0 fully saturated rings. The lowest BCUT2D eigenvalue weighted by Crippen LogP contribution is -2.54. The maximum absolute atomic E-state index is 16.0. The number of hydrogen-bond acceptors (Lipinski definition) is 5. The number of alkyl halides is 1. The predicted octanol–water partition coefficient (Wildman–Crippen LogP) is 4.66. The van der Waals surface area contributed by atoms with Crippen molar-refractivity contribution in [3.63, 3.8) is 0 Å². The van der Waals surface area contributed by atoms with Gasteiger partial charge in [-0.15, -0.1) is 0 Å². The van der Waals surface area contributed by atoms with Crippen LogP contribution in [-0.4, -0.2) is 27.9 Å². The molecular formula is C25H26FN3O3S2. The molecule has 0 aliphatic carbocycles. The molecule has 0 amide bonds. The van der Waals surface area contributed by atoms with Gasteiger partial charge in [0, 0.05) is 18.0 Å². The molecule has 6 nitrogen and oxygen atoms in total. The number of rotatable bonds is 7. The molecule has 1 aromatic heterocycles. The Morgan fingerprint density at radius 1 is 1.00 bits per heavy atom. The van der Waals surface area contributed by atoms with Crippen molar-refractivity contribution < 1.29 is 17.0 Å². The number of sulfone groups is 1. The van der Waals surface area contributed by atoms with Gasteiger partial charge in [-0.1, -0.05) is 42.5 Å². The molecule has 3 aromatic rings. The predicted molar refractivity (Wildman–Crippen MR) is 131 cm³/mol. The molecule has 0 radical (unpaired) electrons. The SMILES string of the molecule is CC(NS(=O)C(C)(C)C)(c1ccc(-c2cncc(C#N)c2)cc1)C(F)S(=O)(=O)c1ccccc1. The molecule has 9 heteroatoms. The maximum atomic E-state index is 16.0. The summed E-state index contributed by atoms with van der Waals surface area (Å²) in [6.07, 6.45) is 3.04. The largest absolute Gasteiger partial charge is 0.263 e. The fourth-order valence-electron chi connectivity index (χ4n) is 3.29. The normalized spacial score (nSPS) is 15.6. The topological polar surface area (TPSA) is 99.9 Å². The van der Waals surface area contributed by atoms with E-state index in [0.29, 0.717) is 22.3 Å². The van der Waals surface area contributed by atoms with Crippen molar-refractivity contribution in [2.45, 2.75) is 48.4 Å². The average molecular weight is 500 g/mol. The highest BCUT2D eigenvalue weighted by Gasteiger charge is 2.47. The zero-order chi connectivity index (χ0) is 25.1.